The molecule has 51 heavy (non-hydrogen) atoms. The van der Waals surface area contributed by atoms with Gasteiger partial charge in [0.2, 0.25) is 5.91 Å². The van der Waals surface area contributed by atoms with Crippen molar-refractivity contribution >= 4 is 57.7 Å². The molecule has 0 aliphatic carbocycles. The van der Waals surface area contributed by atoms with Crippen LogP contribution in [0.5, 0.6) is 0 Å². The molecule has 6 aromatic rings. The van der Waals surface area contributed by atoms with Crippen molar-refractivity contribution in [3.8, 4) is 11.3 Å². The molecule has 0 bridgehead atoms. The maximum Gasteiger partial charge on any atom is 0.272 e. The third-order valence-electron chi connectivity index (χ3n) is 7.77. The number of thiazole rings is 1. The summed E-state index contributed by atoms with van der Waals surface area (Å²) in [4.78, 5) is 47.0. The highest BCUT2D eigenvalue weighted by molar-refractivity contribution is 8.00. The number of carbonyl (C=O) groups is 3. The molecule has 0 fully saturated rings. The van der Waals surface area contributed by atoms with E-state index in [2.05, 4.69) is 16.0 Å². The summed E-state index contributed by atoms with van der Waals surface area (Å²) in [5, 5.41) is 8.34. The number of halogens is 1. The van der Waals surface area contributed by atoms with Gasteiger partial charge in [0.15, 0.2) is 5.13 Å². The van der Waals surface area contributed by atoms with Gasteiger partial charge in [0.25, 0.3) is 11.8 Å². The highest BCUT2D eigenvalue weighted by Crippen LogP contribution is 2.38. The summed E-state index contributed by atoms with van der Waals surface area (Å²) in [6.45, 7) is 4.01. The van der Waals surface area contributed by atoms with Gasteiger partial charge in [-0.15, -0.1) is 23.1 Å². The molecular weight excluding hydrogens is 680 g/mol. The molecule has 0 spiro atoms. The number of aryl methyl sites for hydroxylation is 2. The summed E-state index contributed by atoms with van der Waals surface area (Å²) in [5.41, 5.74) is 4.51. The van der Waals surface area contributed by atoms with Gasteiger partial charge in [-0.2, -0.15) is 0 Å². The van der Waals surface area contributed by atoms with E-state index in [1.54, 1.807) is 60.7 Å². The zero-order valence-corrected chi connectivity index (χ0v) is 29.4. The number of hydrogen-bond acceptors (Lipinski definition) is 6. The quantitative estimate of drug-likeness (QED) is 0.0918. The SMILES string of the molecule is Cc1ccc(-c2nc(NC(=O)C(Sc3cccc(NC(=O)/C(=C/c4ccccc4F)NC(=O)c4ccccc4)c3)c3ccccc3)sc2C)cc1. The molecule has 1 atom stereocenters. The van der Waals surface area contributed by atoms with E-state index in [4.69, 9.17) is 4.98 Å². The van der Waals surface area contributed by atoms with Gasteiger partial charge < -0.3 is 16.0 Å². The summed E-state index contributed by atoms with van der Waals surface area (Å²) < 4.78 is 14.6. The second-order valence-electron chi connectivity index (χ2n) is 11.6. The second-order valence-corrected chi connectivity index (χ2v) is 14.0. The van der Waals surface area contributed by atoms with Crippen LogP contribution in [0.1, 0.15) is 37.2 Å². The summed E-state index contributed by atoms with van der Waals surface area (Å²) in [6, 6.07) is 39.0. The number of rotatable bonds is 11. The van der Waals surface area contributed by atoms with E-state index < -0.39 is 22.9 Å². The van der Waals surface area contributed by atoms with Crippen LogP contribution in [0.25, 0.3) is 17.3 Å². The Bertz CT molecular complexity index is 2200. The van der Waals surface area contributed by atoms with E-state index in [0.717, 1.165) is 27.3 Å². The topological polar surface area (TPSA) is 100 Å². The molecule has 1 heterocycles. The maximum absolute atomic E-state index is 14.6. The second kappa shape index (κ2) is 16.2. The lowest BCUT2D eigenvalue weighted by atomic mass is 10.1. The predicted molar refractivity (Wildman–Crippen MR) is 204 cm³/mol. The Morgan fingerprint density at radius 1 is 0.784 bits per heavy atom. The number of anilines is 2. The van der Waals surface area contributed by atoms with Crippen molar-refractivity contribution in [2.45, 2.75) is 24.0 Å². The normalized spacial score (nSPS) is 11.8. The van der Waals surface area contributed by atoms with Gasteiger partial charge in [0, 0.05) is 32.2 Å². The van der Waals surface area contributed by atoms with Crippen LogP contribution >= 0.6 is 23.1 Å². The van der Waals surface area contributed by atoms with Crippen molar-refractivity contribution in [2.75, 3.05) is 10.6 Å². The van der Waals surface area contributed by atoms with E-state index in [0.29, 0.717) is 21.3 Å². The highest BCUT2D eigenvalue weighted by atomic mass is 32.2. The zero-order valence-electron chi connectivity index (χ0n) is 27.7. The molecular formula is C41H33FN4O3S2. The molecule has 0 radical (unpaired) electrons. The first-order valence-electron chi connectivity index (χ1n) is 16.0. The number of nitrogens with zero attached hydrogens (tertiary/aromatic N) is 1. The lowest BCUT2D eigenvalue weighted by Gasteiger charge is -2.17. The fourth-order valence-electron chi connectivity index (χ4n) is 5.17. The highest BCUT2D eigenvalue weighted by Gasteiger charge is 2.24. The molecule has 0 saturated carbocycles. The van der Waals surface area contributed by atoms with Crippen LogP contribution in [-0.4, -0.2) is 22.7 Å². The number of thioether (sulfide) groups is 1. The van der Waals surface area contributed by atoms with Crippen molar-refractivity contribution in [1.82, 2.24) is 10.3 Å². The van der Waals surface area contributed by atoms with Gasteiger partial charge in [-0.3, -0.25) is 14.4 Å². The van der Waals surface area contributed by atoms with Gasteiger partial charge in [-0.1, -0.05) is 103 Å². The van der Waals surface area contributed by atoms with Gasteiger partial charge in [0.05, 0.1) is 5.69 Å². The largest absolute Gasteiger partial charge is 0.321 e. The first-order valence-corrected chi connectivity index (χ1v) is 17.7. The minimum Gasteiger partial charge on any atom is -0.321 e. The van der Waals surface area contributed by atoms with Crippen molar-refractivity contribution in [2.24, 2.45) is 0 Å². The molecule has 7 nitrogen and oxygen atoms in total. The molecule has 1 aromatic heterocycles. The molecule has 5 aromatic carbocycles. The maximum atomic E-state index is 14.6. The first kappa shape index (κ1) is 35.0. The molecule has 0 saturated heterocycles. The van der Waals surface area contributed by atoms with Crippen LogP contribution in [0.3, 0.4) is 0 Å². The molecule has 254 valence electrons. The number of aromatic nitrogens is 1. The van der Waals surface area contributed by atoms with Crippen molar-refractivity contribution in [1.29, 1.82) is 0 Å². The first-order chi connectivity index (χ1) is 24.7. The average Bonchev–Trinajstić information content (AvgIpc) is 3.51. The van der Waals surface area contributed by atoms with E-state index in [9.17, 15) is 18.8 Å². The fourth-order valence-corrected chi connectivity index (χ4v) is 7.09. The molecule has 10 heteroatoms. The van der Waals surface area contributed by atoms with Crippen molar-refractivity contribution < 1.29 is 18.8 Å². The van der Waals surface area contributed by atoms with Crippen LogP contribution in [0.2, 0.25) is 0 Å². The van der Waals surface area contributed by atoms with E-state index in [-0.39, 0.29) is 17.2 Å². The van der Waals surface area contributed by atoms with Crippen LogP contribution in [-0.2, 0) is 9.59 Å². The van der Waals surface area contributed by atoms with Gasteiger partial charge in [-0.25, -0.2) is 9.37 Å². The number of hydrogen-bond donors (Lipinski definition) is 3. The van der Waals surface area contributed by atoms with Gasteiger partial charge in [0.1, 0.15) is 16.8 Å². The molecule has 0 aliphatic rings. The zero-order chi connectivity index (χ0) is 35.7. The molecule has 0 aliphatic heterocycles. The van der Waals surface area contributed by atoms with Crippen LogP contribution < -0.4 is 16.0 Å². The third-order valence-corrected chi connectivity index (χ3v) is 9.91. The third kappa shape index (κ3) is 9.04. The molecule has 1 unspecified atom stereocenters. The van der Waals surface area contributed by atoms with Crippen molar-refractivity contribution in [3.63, 3.8) is 0 Å². The monoisotopic (exact) mass is 712 g/mol. The van der Waals surface area contributed by atoms with Gasteiger partial charge >= 0.3 is 0 Å². The summed E-state index contributed by atoms with van der Waals surface area (Å²) in [5.74, 6) is -1.95. The lowest BCUT2D eigenvalue weighted by molar-refractivity contribution is -0.116. The molecule has 3 amide bonds. The Labute approximate surface area is 303 Å². The minimum absolute atomic E-state index is 0.137. The summed E-state index contributed by atoms with van der Waals surface area (Å²) >= 11 is 2.74. The Balaban J connectivity index is 1.22. The Morgan fingerprint density at radius 2 is 1.47 bits per heavy atom. The van der Waals surface area contributed by atoms with Crippen LogP contribution in [0, 0.1) is 19.7 Å². The number of carbonyl (C=O) groups excluding carboxylic acids is 3. The average molecular weight is 713 g/mol. The molecule has 6 rings (SSSR count). The Kier molecular flexibility index (Phi) is 11.1. The van der Waals surface area contributed by atoms with Gasteiger partial charge in [-0.05, 0) is 61.9 Å². The number of amides is 3. The van der Waals surface area contributed by atoms with E-state index in [1.165, 1.54) is 41.3 Å². The van der Waals surface area contributed by atoms with E-state index >= 15 is 0 Å². The standard InChI is InChI=1S/C41H33FN4O3S2/c1-26-20-22-28(23-21-26)36-27(2)50-41(45-36)46-40(49)37(29-12-5-3-6-13-29)51-33-18-11-17-32(25-33)43-39(48)35(24-31-16-9-10-19-34(31)42)44-38(47)30-14-7-4-8-15-30/h3-25,37H,1-2H3,(H,43,48)(H,44,47)(H,45,46,49)/b35-24-. The van der Waals surface area contributed by atoms with Crippen molar-refractivity contribution in [3.05, 3.63) is 172 Å². The van der Waals surface area contributed by atoms with Crippen LogP contribution in [0.4, 0.5) is 15.2 Å². The lowest BCUT2D eigenvalue weighted by Crippen LogP contribution is -2.30. The smallest absolute Gasteiger partial charge is 0.272 e. The fraction of sp³-hybridized carbons (Fsp3) is 0.0732. The number of nitrogens with one attached hydrogen (secondary N) is 3. The summed E-state index contributed by atoms with van der Waals surface area (Å²) in [7, 11) is 0. The minimum atomic E-state index is -0.648. The van der Waals surface area contributed by atoms with Crippen LogP contribution in [0.15, 0.2) is 144 Å². The Morgan fingerprint density at radius 3 is 2.20 bits per heavy atom. The van der Waals surface area contributed by atoms with E-state index in [1.807, 2.05) is 74.5 Å². The predicted octanol–water partition coefficient (Wildman–Crippen LogP) is 9.45. The molecule has 3 N–H and O–H groups in total. The summed E-state index contributed by atoms with van der Waals surface area (Å²) in [6.07, 6.45) is 1.30. The number of benzene rings is 5. The Hall–Kier alpha value is -5.84.